The number of nitrogens with zero attached hydrogens (tertiary/aromatic N) is 2. The maximum atomic E-state index is 12.9. The molecular weight excluding hydrogens is 320 g/mol. The maximum Gasteiger partial charge on any atom is 0.268 e. The quantitative estimate of drug-likeness (QED) is 0.764. The van der Waals surface area contributed by atoms with Crippen molar-refractivity contribution in [2.75, 3.05) is 13.2 Å². The van der Waals surface area contributed by atoms with E-state index in [-0.39, 0.29) is 5.91 Å². The van der Waals surface area contributed by atoms with Crippen LogP contribution in [-0.4, -0.2) is 34.2 Å². The second-order valence-electron chi connectivity index (χ2n) is 6.56. The lowest BCUT2D eigenvalue weighted by atomic mass is 9.89. The van der Waals surface area contributed by atoms with Gasteiger partial charge >= 0.3 is 0 Å². The van der Waals surface area contributed by atoms with Crippen LogP contribution in [-0.2, 0) is 10.3 Å². The first-order chi connectivity index (χ1) is 12.1. The minimum Gasteiger partial charge on any atom is -0.381 e. The zero-order chi connectivity index (χ0) is 17.4. The fraction of sp³-hybridized carbons (Fsp3) is 0.389. The number of amides is 1. The molecule has 0 radical (unpaired) electrons. The molecule has 1 saturated heterocycles. The van der Waals surface area contributed by atoms with Crippen LogP contribution in [0.3, 0.4) is 0 Å². The summed E-state index contributed by atoms with van der Waals surface area (Å²) >= 11 is 0. The summed E-state index contributed by atoms with van der Waals surface area (Å²) in [7, 11) is 0. The van der Waals surface area contributed by atoms with Gasteiger partial charge in [0, 0.05) is 37.0 Å². The number of hydrogen-bond acceptors (Lipinski definition) is 5. The Bertz CT molecular complexity index is 908. The lowest BCUT2D eigenvalue weighted by Crippen LogP contribution is -2.50. The van der Waals surface area contributed by atoms with E-state index >= 15 is 0 Å². The minimum absolute atomic E-state index is 0.181. The summed E-state index contributed by atoms with van der Waals surface area (Å²) in [5, 5.41) is 8.13. The monoisotopic (exact) mass is 340 g/mol. The van der Waals surface area contributed by atoms with Gasteiger partial charge in [0.25, 0.3) is 5.91 Å². The topological polar surface area (TPSA) is 93.0 Å². The zero-order valence-electron chi connectivity index (χ0n) is 14.3. The molecule has 2 aromatic heterocycles. The van der Waals surface area contributed by atoms with E-state index in [1.54, 1.807) is 0 Å². The van der Waals surface area contributed by atoms with Gasteiger partial charge in [0.2, 0.25) is 6.39 Å². The molecule has 4 rings (SSSR count). The largest absolute Gasteiger partial charge is 0.381 e. The highest BCUT2D eigenvalue weighted by Crippen LogP contribution is 2.30. The van der Waals surface area contributed by atoms with Crippen molar-refractivity contribution in [3.8, 4) is 0 Å². The molecule has 1 aliphatic rings. The van der Waals surface area contributed by atoms with Crippen molar-refractivity contribution in [2.24, 2.45) is 0 Å². The fourth-order valence-corrected chi connectivity index (χ4v) is 3.37. The van der Waals surface area contributed by atoms with Crippen LogP contribution >= 0.6 is 0 Å². The SMILES string of the molecule is Cc1ccc2[nH]c(C(=O)NC3(c4ncon4)CCOCC3)cc2c1C. The average Bonchev–Trinajstić information content (AvgIpc) is 3.29. The normalized spacial score (nSPS) is 16.9. The predicted molar refractivity (Wildman–Crippen MR) is 91.3 cm³/mol. The van der Waals surface area contributed by atoms with E-state index in [4.69, 9.17) is 9.26 Å². The summed E-state index contributed by atoms with van der Waals surface area (Å²) < 4.78 is 10.3. The molecule has 7 heteroatoms. The Morgan fingerprint density at radius 2 is 2.08 bits per heavy atom. The standard InChI is InChI=1S/C18H20N4O3/c1-11-3-4-14-13(12(11)2)9-15(20-14)16(23)21-18(5-7-24-8-6-18)17-19-10-25-22-17/h3-4,9-10,20H,5-8H2,1-2H3,(H,21,23). The van der Waals surface area contributed by atoms with Gasteiger partial charge in [-0.05, 0) is 37.1 Å². The van der Waals surface area contributed by atoms with E-state index < -0.39 is 5.54 Å². The minimum atomic E-state index is -0.662. The number of aromatic amines is 1. The first-order valence-corrected chi connectivity index (χ1v) is 8.35. The van der Waals surface area contributed by atoms with Gasteiger partial charge in [-0.1, -0.05) is 11.2 Å². The van der Waals surface area contributed by atoms with Gasteiger partial charge in [-0.2, -0.15) is 4.98 Å². The van der Waals surface area contributed by atoms with Crippen LogP contribution < -0.4 is 5.32 Å². The maximum absolute atomic E-state index is 12.9. The summed E-state index contributed by atoms with van der Waals surface area (Å²) in [5.41, 5.74) is 3.19. The molecule has 3 aromatic rings. The van der Waals surface area contributed by atoms with E-state index in [1.807, 2.05) is 12.1 Å². The van der Waals surface area contributed by atoms with Gasteiger partial charge in [-0.25, -0.2) is 0 Å². The predicted octanol–water partition coefficient (Wildman–Crippen LogP) is 2.60. The molecule has 0 spiro atoms. The third-order valence-electron chi connectivity index (χ3n) is 5.08. The van der Waals surface area contributed by atoms with Gasteiger partial charge in [0.05, 0.1) is 0 Å². The van der Waals surface area contributed by atoms with Gasteiger partial charge in [-0.15, -0.1) is 0 Å². The van der Waals surface area contributed by atoms with Crippen molar-refractivity contribution in [3.05, 3.63) is 47.2 Å². The molecule has 0 bridgehead atoms. The molecule has 0 unspecified atom stereocenters. The number of benzene rings is 1. The van der Waals surface area contributed by atoms with Crippen LogP contribution in [0.5, 0.6) is 0 Å². The molecule has 1 amide bonds. The van der Waals surface area contributed by atoms with Crippen molar-refractivity contribution >= 4 is 16.8 Å². The second kappa shape index (κ2) is 6.00. The number of aryl methyl sites for hydroxylation is 2. The number of carbonyl (C=O) groups excluding carboxylic acids is 1. The molecule has 130 valence electrons. The van der Waals surface area contributed by atoms with Gasteiger partial charge in [-0.3, -0.25) is 4.79 Å². The molecule has 0 atom stereocenters. The molecule has 1 fully saturated rings. The molecule has 1 aliphatic heterocycles. The van der Waals surface area contributed by atoms with E-state index in [0.29, 0.717) is 37.6 Å². The Morgan fingerprint density at radius 1 is 1.28 bits per heavy atom. The number of rotatable bonds is 3. The van der Waals surface area contributed by atoms with Crippen molar-refractivity contribution in [1.29, 1.82) is 0 Å². The lowest BCUT2D eigenvalue weighted by molar-refractivity contribution is 0.0304. The summed E-state index contributed by atoms with van der Waals surface area (Å²) in [4.78, 5) is 20.3. The van der Waals surface area contributed by atoms with Crippen molar-refractivity contribution in [2.45, 2.75) is 32.2 Å². The highest BCUT2D eigenvalue weighted by molar-refractivity contribution is 5.99. The van der Waals surface area contributed by atoms with Crippen LogP contribution in [0.25, 0.3) is 10.9 Å². The number of carbonyl (C=O) groups is 1. The Labute approximate surface area is 144 Å². The van der Waals surface area contributed by atoms with Crippen LogP contribution in [0.2, 0.25) is 0 Å². The summed E-state index contributed by atoms with van der Waals surface area (Å²) in [6.07, 6.45) is 2.50. The summed E-state index contributed by atoms with van der Waals surface area (Å²) in [6, 6.07) is 5.95. The lowest BCUT2D eigenvalue weighted by Gasteiger charge is -2.34. The van der Waals surface area contributed by atoms with Gasteiger partial charge < -0.3 is 19.6 Å². The molecule has 7 nitrogen and oxygen atoms in total. The number of H-pyrrole nitrogens is 1. The molecule has 0 aliphatic carbocycles. The number of nitrogens with one attached hydrogen (secondary N) is 2. The molecular formula is C18H20N4O3. The van der Waals surface area contributed by atoms with E-state index in [0.717, 1.165) is 10.9 Å². The first kappa shape index (κ1) is 15.8. The molecule has 0 saturated carbocycles. The smallest absolute Gasteiger partial charge is 0.268 e. The van der Waals surface area contributed by atoms with Crippen molar-refractivity contribution in [1.82, 2.24) is 20.4 Å². The number of ether oxygens (including phenoxy) is 1. The van der Waals surface area contributed by atoms with Gasteiger partial charge in [0.1, 0.15) is 11.2 Å². The third-order valence-corrected chi connectivity index (χ3v) is 5.08. The zero-order valence-corrected chi connectivity index (χ0v) is 14.3. The summed E-state index contributed by atoms with van der Waals surface area (Å²) in [6.45, 7) is 5.21. The molecule has 3 heterocycles. The Balaban J connectivity index is 1.67. The van der Waals surface area contributed by atoms with Crippen molar-refractivity contribution in [3.63, 3.8) is 0 Å². The Hall–Kier alpha value is -2.67. The third kappa shape index (κ3) is 2.70. The fourth-order valence-electron chi connectivity index (χ4n) is 3.37. The number of hydrogen-bond donors (Lipinski definition) is 2. The van der Waals surface area contributed by atoms with E-state index in [1.165, 1.54) is 17.5 Å². The number of fused-ring (bicyclic) bond motifs is 1. The molecule has 2 N–H and O–H groups in total. The molecule has 1 aromatic carbocycles. The van der Waals surface area contributed by atoms with Crippen LogP contribution in [0, 0.1) is 13.8 Å². The van der Waals surface area contributed by atoms with Gasteiger partial charge in [0.15, 0.2) is 5.82 Å². The van der Waals surface area contributed by atoms with Crippen LogP contribution in [0.4, 0.5) is 0 Å². The summed E-state index contributed by atoms with van der Waals surface area (Å²) in [5.74, 6) is 0.312. The Kier molecular flexibility index (Phi) is 3.80. The average molecular weight is 340 g/mol. The first-order valence-electron chi connectivity index (χ1n) is 8.35. The molecule has 25 heavy (non-hydrogen) atoms. The highest BCUT2D eigenvalue weighted by atomic mass is 16.5. The van der Waals surface area contributed by atoms with Crippen molar-refractivity contribution < 1.29 is 14.1 Å². The Morgan fingerprint density at radius 3 is 2.80 bits per heavy atom. The van der Waals surface area contributed by atoms with E-state index in [9.17, 15) is 4.79 Å². The van der Waals surface area contributed by atoms with Crippen LogP contribution in [0.15, 0.2) is 29.1 Å². The van der Waals surface area contributed by atoms with Crippen LogP contribution in [0.1, 0.15) is 40.3 Å². The highest BCUT2D eigenvalue weighted by Gasteiger charge is 2.40. The van der Waals surface area contributed by atoms with E-state index in [2.05, 4.69) is 40.4 Å². The second-order valence-corrected chi connectivity index (χ2v) is 6.56. The number of aromatic nitrogens is 3.